The highest BCUT2D eigenvalue weighted by Gasteiger charge is 2.22. The largest absolute Gasteiger partial charge is 0.497 e. The van der Waals surface area contributed by atoms with Crippen molar-refractivity contribution in [1.29, 1.82) is 0 Å². The van der Waals surface area contributed by atoms with Crippen LogP contribution in [0.25, 0.3) is 11.0 Å². The molecule has 0 bridgehead atoms. The topological polar surface area (TPSA) is 50.3 Å². The maximum Gasteiger partial charge on any atom is 0.326 e. The first kappa shape index (κ1) is 12.3. The standard InChI is InChI=1S/C14H19N3O2/c1-16-7-5-10(6-8-16)17-13-9-11(19-2)3-4-12(13)15-14(17)18/h3-4,9-10H,5-8H2,1-2H3,(H,15,18). The van der Waals surface area contributed by atoms with Crippen molar-refractivity contribution in [3.8, 4) is 5.75 Å². The Bertz CT molecular complexity index is 636. The number of likely N-dealkylation sites (tertiary alicyclic amines) is 1. The van der Waals surface area contributed by atoms with Crippen LogP contribution in [0.15, 0.2) is 23.0 Å². The third-order valence-corrected chi connectivity index (χ3v) is 3.98. The number of fused-ring (bicyclic) bond motifs is 1. The summed E-state index contributed by atoms with van der Waals surface area (Å²) in [5, 5.41) is 0. The smallest absolute Gasteiger partial charge is 0.326 e. The van der Waals surface area contributed by atoms with Crippen molar-refractivity contribution < 1.29 is 4.74 Å². The second-order valence-electron chi connectivity index (χ2n) is 5.22. The number of benzene rings is 1. The van der Waals surface area contributed by atoms with Crippen molar-refractivity contribution in [2.75, 3.05) is 27.2 Å². The summed E-state index contributed by atoms with van der Waals surface area (Å²) < 4.78 is 7.15. The summed E-state index contributed by atoms with van der Waals surface area (Å²) in [6, 6.07) is 5.99. The summed E-state index contributed by atoms with van der Waals surface area (Å²) in [5.74, 6) is 0.785. The van der Waals surface area contributed by atoms with Gasteiger partial charge in [0.1, 0.15) is 5.75 Å². The number of H-pyrrole nitrogens is 1. The molecule has 19 heavy (non-hydrogen) atoms. The summed E-state index contributed by atoms with van der Waals surface area (Å²) in [6.07, 6.45) is 2.03. The molecule has 1 aromatic carbocycles. The first-order chi connectivity index (χ1) is 9.19. The highest BCUT2D eigenvalue weighted by atomic mass is 16.5. The van der Waals surface area contributed by atoms with E-state index in [0.717, 1.165) is 42.7 Å². The van der Waals surface area contributed by atoms with E-state index >= 15 is 0 Å². The van der Waals surface area contributed by atoms with Gasteiger partial charge in [-0.25, -0.2) is 4.79 Å². The van der Waals surface area contributed by atoms with Gasteiger partial charge in [-0.05, 0) is 45.1 Å². The normalized spacial score (nSPS) is 18.0. The minimum absolute atomic E-state index is 0.0159. The Morgan fingerprint density at radius 3 is 2.74 bits per heavy atom. The van der Waals surface area contributed by atoms with Gasteiger partial charge in [-0.1, -0.05) is 0 Å². The maximum atomic E-state index is 12.2. The van der Waals surface area contributed by atoms with Crippen LogP contribution in [0.1, 0.15) is 18.9 Å². The molecule has 0 unspecified atom stereocenters. The summed E-state index contributed by atoms with van der Waals surface area (Å²) in [5.41, 5.74) is 1.81. The average molecular weight is 261 g/mol. The molecule has 0 saturated carbocycles. The van der Waals surface area contributed by atoms with Crippen LogP contribution >= 0.6 is 0 Å². The van der Waals surface area contributed by atoms with Crippen LogP contribution in [-0.4, -0.2) is 41.7 Å². The van der Waals surface area contributed by atoms with Crippen molar-refractivity contribution in [2.24, 2.45) is 0 Å². The highest BCUT2D eigenvalue weighted by molar-refractivity contribution is 5.77. The molecule has 5 heteroatoms. The van der Waals surface area contributed by atoms with Crippen LogP contribution in [0, 0.1) is 0 Å². The van der Waals surface area contributed by atoms with E-state index in [-0.39, 0.29) is 11.7 Å². The molecule has 3 rings (SSSR count). The van der Waals surface area contributed by atoms with Gasteiger partial charge in [-0.15, -0.1) is 0 Å². The molecule has 0 amide bonds. The number of aromatic amines is 1. The fourth-order valence-electron chi connectivity index (χ4n) is 2.84. The van der Waals surface area contributed by atoms with E-state index in [1.54, 1.807) is 7.11 Å². The molecule has 5 nitrogen and oxygen atoms in total. The number of nitrogens with zero attached hydrogens (tertiary/aromatic N) is 2. The molecule has 1 aliphatic rings. The Morgan fingerprint density at radius 1 is 1.32 bits per heavy atom. The monoisotopic (exact) mass is 261 g/mol. The second kappa shape index (κ2) is 4.74. The van der Waals surface area contributed by atoms with E-state index in [4.69, 9.17) is 4.74 Å². The Balaban J connectivity index is 2.06. The molecule has 102 valence electrons. The fraction of sp³-hybridized carbons (Fsp3) is 0.500. The van der Waals surface area contributed by atoms with E-state index in [0.29, 0.717) is 0 Å². The van der Waals surface area contributed by atoms with E-state index < -0.39 is 0 Å². The number of ether oxygens (including phenoxy) is 1. The van der Waals surface area contributed by atoms with E-state index in [1.165, 1.54) is 0 Å². The second-order valence-corrected chi connectivity index (χ2v) is 5.22. The summed E-state index contributed by atoms with van der Waals surface area (Å²) in [4.78, 5) is 17.4. The average Bonchev–Trinajstić information content (AvgIpc) is 2.75. The van der Waals surface area contributed by atoms with Gasteiger partial charge >= 0.3 is 5.69 Å². The van der Waals surface area contributed by atoms with Gasteiger partial charge in [0.05, 0.1) is 18.1 Å². The van der Waals surface area contributed by atoms with E-state index in [9.17, 15) is 4.79 Å². The summed E-state index contributed by atoms with van der Waals surface area (Å²) >= 11 is 0. The van der Waals surface area contributed by atoms with E-state index in [1.807, 2.05) is 22.8 Å². The fourth-order valence-corrected chi connectivity index (χ4v) is 2.84. The summed E-state index contributed by atoms with van der Waals surface area (Å²) in [7, 11) is 3.77. The number of hydrogen-bond donors (Lipinski definition) is 1. The lowest BCUT2D eigenvalue weighted by Crippen LogP contribution is -2.34. The molecule has 1 aliphatic heterocycles. The van der Waals surface area contributed by atoms with E-state index in [2.05, 4.69) is 16.9 Å². The number of piperidine rings is 1. The third-order valence-electron chi connectivity index (χ3n) is 3.98. The van der Waals surface area contributed by atoms with Gasteiger partial charge in [0.25, 0.3) is 0 Å². The molecule has 1 N–H and O–H groups in total. The molecule has 0 aliphatic carbocycles. The zero-order valence-corrected chi connectivity index (χ0v) is 11.3. The van der Waals surface area contributed by atoms with Crippen LogP contribution in [0.4, 0.5) is 0 Å². The zero-order chi connectivity index (χ0) is 13.4. The lowest BCUT2D eigenvalue weighted by Gasteiger charge is -2.29. The molecule has 0 atom stereocenters. The summed E-state index contributed by atoms with van der Waals surface area (Å²) in [6.45, 7) is 2.07. The Hall–Kier alpha value is -1.75. The lowest BCUT2D eigenvalue weighted by molar-refractivity contribution is 0.221. The zero-order valence-electron chi connectivity index (χ0n) is 11.3. The van der Waals surface area contributed by atoms with Crippen LogP contribution in [0.2, 0.25) is 0 Å². The number of rotatable bonds is 2. The number of methoxy groups -OCH3 is 1. The van der Waals surface area contributed by atoms with Crippen molar-refractivity contribution in [1.82, 2.24) is 14.5 Å². The first-order valence-electron chi connectivity index (χ1n) is 6.66. The van der Waals surface area contributed by atoms with Crippen LogP contribution < -0.4 is 10.4 Å². The predicted molar refractivity (Wildman–Crippen MR) is 74.9 cm³/mol. The van der Waals surface area contributed by atoms with Crippen LogP contribution in [-0.2, 0) is 0 Å². The molecule has 1 fully saturated rings. The number of aromatic nitrogens is 2. The first-order valence-corrected chi connectivity index (χ1v) is 6.66. The minimum atomic E-state index is -0.0159. The van der Waals surface area contributed by atoms with Gasteiger partial charge in [0, 0.05) is 12.1 Å². The number of imidazole rings is 1. The molecule has 2 aromatic rings. The molecule has 2 heterocycles. The van der Waals surface area contributed by atoms with Crippen LogP contribution in [0.5, 0.6) is 5.75 Å². The Morgan fingerprint density at radius 2 is 2.05 bits per heavy atom. The Labute approximate surface area is 111 Å². The van der Waals surface area contributed by atoms with Crippen molar-refractivity contribution >= 4 is 11.0 Å². The third kappa shape index (κ3) is 2.14. The molecular weight excluding hydrogens is 242 g/mol. The molecule has 1 aromatic heterocycles. The number of nitrogens with one attached hydrogen (secondary N) is 1. The SMILES string of the molecule is COc1ccc2[nH]c(=O)n(C3CCN(C)CC3)c2c1. The van der Waals surface area contributed by atoms with Gasteiger partial charge in [0.2, 0.25) is 0 Å². The van der Waals surface area contributed by atoms with Gasteiger partial charge < -0.3 is 14.6 Å². The minimum Gasteiger partial charge on any atom is -0.497 e. The van der Waals surface area contributed by atoms with Gasteiger partial charge in [-0.3, -0.25) is 4.57 Å². The van der Waals surface area contributed by atoms with Crippen molar-refractivity contribution in [3.05, 3.63) is 28.7 Å². The highest BCUT2D eigenvalue weighted by Crippen LogP contribution is 2.26. The van der Waals surface area contributed by atoms with Gasteiger partial charge in [0.15, 0.2) is 0 Å². The van der Waals surface area contributed by atoms with Crippen molar-refractivity contribution in [3.63, 3.8) is 0 Å². The lowest BCUT2D eigenvalue weighted by atomic mass is 10.1. The number of hydrogen-bond acceptors (Lipinski definition) is 3. The molecular formula is C14H19N3O2. The maximum absolute atomic E-state index is 12.2. The molecule has 0 spiro atoms. The van der Waals surface area contributed by atoms with Crippen LogP contribution in [0.3, 0.4) is 0 Å². The Kier molecular flexibility index (Phi) is 3.06. The molecule has 1 saturated heterocycles. The predicted octanol–water partition coefficient (Wildman–Crippen LogP) is 1.60. The van der Waals surface area contributed by atoms with Crippen molar-refractivity contribution in [2.45, 2.75) is 18.9 Å². The quantitative estimate of drug-likeness (QED) is 0.893. The van der Waals surface area contributed by atoms with Gasteiger partial charge in [-0.2, -0.15) is 0 Å². The molecule has 0 radical (unpaired) electrons.